The molecule has 3 aromatic rings. The van der Waals surface area contributed by atoms with Crippen LogP contribution in [0.1, 0.15) is 27.0 Å². The first-order chi connectivity index (χ1) is 16.1. The van der Waals surface area contributed by atoms with Gasteiger partial charge in [0, 0.05) is 11.6 Å². The maximum Gasteiger partial charge on any atom is 0.339 e. The zero-order valence-electron chi connectivity index (χ0n) is 18.5. The van der Waals surface area contributed by atoms with Crippen LogP contribution in [-0.4, -0.2) is 32.6 Å². The quantitative estimate of drug-likeness (QED) is 0.223. The van der Waals surface area contributed by atoms with Crippen LogP contribution in [0.2, 0.25) is 0 Å². The predicted octanol–water partition coefficient (Wildman–Crippen LogP) is 3.75. The number of hydrogen-bond acceptors (Lipinski definition) is 8. The van der Waals surface area contributed by atoms with Crippen LogP contribution in [0, 0.1) is 24.0 Å². The van der Waals surface area contributed by atoms with Gasteiger partial charge in [0.05, 0.1) is 23.8 Å². The van der Waals surface area contributed by atoms with Gasteiger partial charge in [0.1, 0.15) is 16.4 Å². The largest absolute Gasteiger partial charge is 0.496 e. The summed E-state index contributed by atoms with van der Waals surface area (Å²) in [5.41, 5.74) is 4.26. The normalized spacial score (nSPS) is 11.3. The number of hydrogen-bond donors (Lipinski definition) is 1. The minimum Gasteiger partial charge on any atom is -0.496 e. The van der Waals surface area contributed by atoms with Crippen molar-refractivity contribution in [1.82, 2.24) is 5.43 Å². The van der Waals surface area contributed by atoms with E-state index < -0.39 is 20.9 Å². The number of nitrogens with zero attached hydrogens (tertiary/aromatic N) is 2. The Labute approximate surface area is 196 Å². The summed E-state index contributed by atoms with van der Waals surface area (Å²) < 4.78 is 35.3. The molecule has 0 bridgehead atoms. The first-order valence-corrected chi connectivity index (χ1v) is 11.3. The molecule has 10 nitrogen and oxygen atoms in total. The third-order valence-corrected chi connectivity index (χ3v) is 5.98. The third-order valence-electron chi connectivity index (χ3n) is 4.73. The lowest BCUT2D eigenvalue weighted by Crippen LogP contribution is -2.18. The molecule has 3 aromatic carbocycles. The monoisotopic (exact) mass is 483 g/mol. The highest BCUT2D eigenvalue weighted by molar-refractivity contribution is 7.87. The van der Waals surface area contributed by atoms with E-state index in [1.54, 1.807) is 18.2 Å². The molecule has 0 aliphatic rings. The number of rotatable bonds is 8. The van der Waals surface area contributed by atoms with Crippen molar-refractivity contribution in [1.29, 1.82) is 0 Å². The summed E-state index contributed by atoms with van der Waals surface area (Å²) in [4.78, 5) is 22.4. The molecule has 0 aliphatic heterocycles. The van der Waals surface area contributed by atoms with Gasteiger partial charge >= 0.3 is 10.1 Å². The van der Waals surface area contributed by atoms with Gasteiger partial charge in [0.15, 0.2) is 0 Å². The number of nitro benzene ring substituents is 1. The van der Waals surface area contributed by atoms with Crippen LogP contribution in [0.4, 0.5) is 5.69 Å². The van der Waals surface area contributed by atoms with Gasteiger partial charge in [0.25, 0.3) is 11.6 Å². The summed E-state index contributed by atoms with van der Waals surface area (Å²) in [5.74, 6) is -0.0190. The fourth-order valence-corrected chi connectivity index (χ4v) is 3.89. The molecule has 1 amide bonds. The highest BCUT2D eigenvalue weighted by Crippen LogP contribution is 2.25. The summed E-state index contributed by atoms with van der Waals surface area (Å²) in [6.45, 7) is 3.39. The smallest absolute Gasteiger partial charge is 0.339 e. The molecule has 0 saturated carbocycles. The molecule has 0 radical (unpaired) electrons. The van der Waals surface area contributed by atoms with E-state index in [9.17, 15) is 23.3 Å². The van der Waals surface area contributed by atoms with Gasteiger partial charge in [-0.25, -0.2) is 5.43 Å². The highest BCUT2D eigenvalue weighted by atomic mass is 32.2. The van der Waals surface area contributed by atoms with Gasteiger partial charge in [-0.1, -0.05) is 12.1 Å². The minimum atomic E-state index is -4.27. The van der Waals surface area contributed by atoms with Gasteiger partial charge in [-0.15, -0.1) is 0 Å². The van der Waals surface area contributed by atoms with E-state index in [0.29, 0.717) is 22.4 Å². The molecular formula is C23H21N3O7S. The molecule has 176 valence electrons. The molecule has 0 spiro atoms. The maximum atomic E-state index is 12.5. The number of nitro groups is 1. The fraction of sp³-hybridized carbons (Fsp3) is 0.130. The number of aryl methyl sites for hydroxylation is 2. The molecule has 0 aliphatic carbocycles. The van der Waals surface area contributed by atoms with Gasteiger partial charge in [0.2, 0.25) is 0 Å². The molecule has 0 unspecified atom stereocenters. The van der Waals surface area contributed by atoms with E-state index in [-0.39, 0.29) is 16.3 Å². The van der Waals surface area contributed by atoms with E-state index in [2.05, 4.69) is 10.5 Å². The molecule has 0 aromatic heterocycles. The Morgan fingerprint density at radius 3 is 2.41 bits per heavy atom. The van der Waals surface area contributed by atoms with Crippen molar-refractivity contribution < 1.29 is 27.1 Å². The second-order valence-corrected chi connectivity index (χ2v) is 8.76. The standard InChI is InChI=1S/C23H21N3O7S/c1-15-4-11-20(22(12-15)32-3)23(27)25-24-14-17-6-8-18(9-7-17)33-34(30,31)19-10-5-16(2)21(13-19)26(28)29/h4-14H,1-3H3,(H,25,27)/b24-14+. The van der Waals surface area contributed by atoms with Gasteiger partial charge in [-0.05, 0) is 67.4 Å². The van der Waals surface area contributed by atoms with Crippen molar-refractivity contribution in [2.45, 2.75) is 18.7 Å². The summed E-state index contributed by atoms with van der Waals surface area (Å²) >= 11 is 0. The summed E-state index contributed by atoms with van der Waals surface area (Å²) in [6, 6.07) is 14.5. The number of benzene rings is 3. The molecule has 0 atom stereocenters. The Kier molecular flexibility index (Phi) is 7.27. The Hall–Kier alpha value is -4.25. The van der Waals surface area contributed by atoms with Gasteiger partial charge < -0.3 is 8.92 Å². The Morgan fingerprint density at radius 1 is 1.06 bits per heavy atom. The Balaban J connectivity index is 1.67. The van der Waals surface area contributed by atoms with E-state index in [1.807, 2.05) is 6.92 Å². The summed E-state index contributed by atoms with van der Waals surface area (Å²) in [7, 11) is -2.80. The second-order valence-electron chi connectivity index (χ2n) is 7.21. The van der Waals surface area contributed by atoms with Gasteiger partial charge in [-0.2, -0.15) is 13.5 Å². The summed E-state index contributed by atoms with van der Waals surface area (Å²) in [5, 5.41) is 15.0. The van der Waals surface area contributed by atoms with Crippen molar-refractivity contribution in [3.05, 3.63) is 93.0 Å². The molecule has 0 fully saturated rings. The minimum absolute atomic E-state index is 0.00815. The van der Waals surface area contributed by atoms with E-state index >= 15 is 0 Å². The van der Waals surface area contributed by atoms with Crippen LogP contribution in [0.3, 0.4) is 0 Å². The second kappa shape index (κ2) is 10.1. The summed E-state index contributed by atoms with van der Waals surface area (Å²) in [6.07, 6.45) is 1.38. The molecular weight excluding hydrogens is 462 g/mol. The molecule has 0 heterocycles. The average molecular weight is 484 g/mol. The molecule has 3 rings (SSSR count). The number of carbonyl (C=O) groups is 1. The Bertz CT molecular complexity index is 1370. The SMILES string of the molecule is COc1cc(C)ccc1C(=O)N/N=C/c1ccc(OS(=O)(=O)c2ccc(C)c([N+](=O)[O-])c2)cc1. The molecule has 1 N–H and O–H groups in total. The molecule has 0 saturated heterocycles. The lowest BCUT2D eigenvalue weighted by atomic mass is 10.1. The zero-order valence-corrected chi connectivity index (χ0v) is 19.3. The number of amides is 1. The first-order valence-electron chi connectivity index (χ1n) is 9.88. The van der Waals surface area contributed by atoms with Crippen molar-refractivity contribution in [2.24, 2.45) is 5.10 Å². The lowest BCUT2D eigenvalue weighted by molar-refractivity contribution is -0.385. The number of ether oxygens (including phenoxy) is 1. The fourth-order valence-electron chi connectivity index (χ4n) is 2.94. The van der Waals surface area contributed by atoms with Crippen molar-refractivity contribution in [3.8, 4) is 11.5 Å². The van der Waals surface area contributed by atoms with Crippen LogP contribution in [-0.2, 0) is 10.1 Å². The lowest BCUT2D eigenvalue weighted by Gasteiger charge is -2.08. The van der Waals surface area contributed by atoms with E-state index in [0.717, 1.165) is 11.6 Å². The van der Waals surface area contributed by atoms with E-state index in [1.165, 1.54) is 56.6 Å². The third kappa shape index (κ3) is 5.75. The van der Waals surface area contributed by atoms with Crippen molar-refractivity contribution in [2.75, 3.05) is 7.11 Å². The van der Waals surface area contributed by atoms with Crippen molar-refractivity contribution in [3.63, 3.8) is 0 Å². The number of methoxy groups -OCH3 is 1. The van der Waals surface area contributed by atoms with Crippen LogP contribution < -0.4 is 14.3 Å². The van der Waals surface area contributed by atoms with Crippen molar-refractivity contribution >= 4 is 27.9 Å². The number of hydrazone groups is 1. The average Bonchev–Trinajstić information content (AvgIpc) is 2.79. The topological polar surface area (TPSA) is 137 Å². The van der Waals surface area contributed by atoms with Crippen LogP contribution in [0.15, 0.2) is 70.7 Å². The molecule has 34 heavy (non-hydrogen) atoms. The maximum absolute atomic E-state index is 12.5. The first kappa shape index (κ1) is 24.4. The van der Waals surface area contributed by atoms with Gasteiger partial charge in [-0.3, -0.25) is 14.9 Å². The van der Waals surface area contributed by atoms with Crippen LogP contribution >= 0.6 is 0 Å². The zero-order chi connectivity index (χ0) is 24.9. The predicted molar refractivity (Wildman–Crippen MR) is 125 cm³/mol. The highest BCUT2D eigenvalue weighted by Gasteiger charge is 2.21. The number of carbonyl (C=O) groups excluding carboxylic acids is 1. The van der Waals surface area contributed by atoms with Crippen LogP contribution in [0.25, 0.3) is 0 Å². The van der Waals surface area contributed by atoms with Crippen LogP contribution in [0.5, 0.6) is 11.5 Å². The van der Waals surface area contributed by atoms with E-state index in [4.69, 9.17) is 8.92 Å². The number of nitrogens with one attached hydrogen (secondary N) is 1. The Morgan fingerprint density at radius 2 is 1.76 bits per heavy atom. The molecule has 11 heteroatoms.